The van der Waals surface area contributed by atoms with E-state index in [1.165, 1.54) is 49.7 Å². The summed E-state index contributed by atoms with van der Waals surface area (Å²) in [5.74, 6) is 0. The molecule has 0 heterocycles. The monoisotopic (exact) mass is 274 g/mol. The van der Waals surface area contributed by atoms with Gasteiger partial charge in [0, 0.05) is 0 Å². The average Bonchev–Trinajstić information content (AvgIpc) is 3.15. The lowest BCUT2D eigenvalue weighted by molar-refractivity contribution is 0.638. The minimum Gasteiger partial charge on any atom is -0.0622 e. The van der Waals surface area contributed by atoms with E-state index < -0.39 is 0 Å². The van der Waals surface area contributed by atoms with Crippen LogP contribution in [0.15, 0.2) is 71.8 Å². The molecule has 0 N–H and O–H groups in total. The molecule has 0 saturated heterocycles. The highest BCUT2D eigenvalue weighted by atomic mass is 14.6. The van der Waals surface area contributed by atoms with Crippen molar-refractivity contribution >= 4 is 0 Å². The largest absolute Gasteiger partial charge is 0.0627 e. The highest BCUT2D eigenvalue weighted by Gasteiger charge is 2.53. The van der Waals surface area contributed by atoms with E-state index in [0.717, 1.165) is 0 Å². The third-order valence-electron chi connectivity index (χ3n) is 5.22. The van der Waals surface area contributed by atoms with Gasteiger partial charge in [0.15, 0.2) is 0 Å². The van der Waals surface area contributed by atoms with Crippen molar-refractivity contribution in [1.82, 2.24) is 0 Å². The highest BCUT2D eigenvalue weighted by Crippen LogP contribution is 2.62. The normalized spacial score (nSPS) is 20.4. The van der Waals surface area contributed by atoms with Gasteiger partial charge >= 0.3 is 0 Å². The second-order valence-electron chi connectivity index (χ2n) is 6.35. The zero-order chi connectivity index (χ0) is 14.1. The van der Waals surface area contributed by atoms with Crippen LogP contribution >= 0.6 is 0 Å². The second kappa shape index (κ2) is 5.18. The maximum absolute atomic E-state index is 2.32. The molecule has 2 aliphatic carbocycles. The van der Waals surface area contributed by atoms with E-state index in [1.54, 1.807) is 11.1 Å². The minimum atomic E-state index is 0.146. The van der Waals surface area contributed by atoms with E-state index in [1.807, 2.05) is 0 Å². The Bertz CT molecular complexity index is 589. The standard InChI is InChI=1S/C21H22/c1-2-10-16-20-19(15-9-1)21(20,17-11-5-3-6-12-17)18-13-7-4-8-14-18/h3-8,11-14H,1-2,9-10,15-16H2. The molecule has 0 bridgehead atoms. The van der Waals surface area contributed by atoms with E-state index in [4.69, 9.17) is 0 Å². The van der Waals surface area contributed by atoms with Gasteiger partial charge in [-0.3, -0.25) is 0 Å². The van der Waals surface area contributed by atoms with Gasteiger partial charge in [-0.1, -0.05) is 84.7 Å². The van der Waals surface area contributed by atoms with Gasteiger partial charge < -0.3 is 0 Å². The van der Waals surface area contributed by atoms with Crippen molar-refractivity contribution in [2.24, 2.45) is 0 Å². The number of rotatable bonds is 2. The molecular formula is C21H22. The minimum absolute atomic E-state index is 0.146. The van der Waals surface area contributed by atoms with Gasteiger partial charge in [0.25, 0.3) is 0 Å². The summed E-state index contributed by atoms with van der Waals surface area (Å²) in [6.45, 7) is 0. The van der Waals surface area contributed by atoms with Gasteiger partial charge in [0.1, 0.15) is 0 Å². The Morgan fingerprint density at radius 2 is 0.952 bits per heavy atom. The van der Waals surface area contributed by atoms with Crippen LogP contribution in [0.5, 0.6) is 0 Å². The Hall–Kier alpha value is -1.82. The average molecular weight is 274 g/mol. The zero-order valence-electron chi connectivity index (χ0n) is 12.5. The molecule has 0 amide bonds. The molecule has 106 valence electrons. The molecule has 2 aromatic carbocycles. The first-order valence-corrected chi connectivity index (χ1v) is 8.28. The Kier molecular flexibility index (Phi) is 3.18. The summed E-state index contributed by atoms with van der Waals surface area (Å²) in [7, 11) is 0. The second-order valence-corrected chi connectivity index (χ2v) is 6.35. The SMILES string of the molecule is c1ccc(C2(c3ccccc3)C3=C2CCCCCC3)cc1. The van der Waals surface area contributed by atoms with Gasteiger partial charge in [-0.2, -0.15) is 0 Å². The van der Waals surface area contributed by atoms with E-state index in [2.05, 4.69) is 60.7 Å². The molecule has 0 fully saturated rings. The number of benzene rings is 2. The lowest BCUT2D eigenvalue weighted by Crippen LogP contribution is -2.16. The molecule has 0 spiro atoms. The number of hydrogen-bond donors (Lipinski definition) is 0. The predicted molar refractivity (Wildman–Crippen MR) is 88.4 cm³/mol. The van der Waals surface area contributed by atoms with Crippen LogP contribution in [0, 0.1) is 0 Å². The van der Waals surface area contributed by atoms with Crippen LogP contribution in [0.3, 0.4) is 0 Å². The first-order chi connectivity index (χ1) is 10.4. The Balaban J connectivity index is 1.83. The number of allylic oxidation sites excluding steroid dienone is 2. The van der Waals surface area contributed by atoms with Crippen molar-refractivity contribution in [2.45, 2.75) is 43.9 Å². The molecule has 2 aromatic rings. The molecule has 0 radical (unpaired) electrons. The molecule has 0 atom stereocenters. The van der Waals surface area contributed by atoms with Crippen molar-refractivity contribution in [3.63, 3.8) is 0 Å². The van der Waals surface area contributed by atoms with Gasteiger partial charge in [-0.25, -0.2) is 0 Å². The van der Waals surface area contributed by atoms with Gasteiger partial charge in [-0.15, -0.1) is 0 Å². The third kappa shape index (κ3) is 1.97. The van der Waals surface area contributed by atoms with Crippen LogP contribution in [0.4, 0.5) is 0 Å². The van der Waals surface area contributed by atoms with E-state index >= 15 is 0 Å². The summed E-state index contributed by atoms with van der Waals surface area (Å²) in [5.41, 5.74) is 6.54. The summed E-state index contributed by atoms with van der Waals surface area (Å²) in [6, 6.07) is 22.3. The molecule has 0 saturated carbocycles. The Morgan fingerprint density at radius 3 is 1.38 bits per heavy atom. The summed E-state index contributed by atoms with van der Waals surface area (Å²) in [5, 5.41) is 0. The summed E-state index contributed by atoms with van der Waals surface area (Å²) < 4.78 is 0. The molecule has 0 unspecified atom stereocenters. The van der Waals surface area contributed by atoms with Crippen LogP contribution in [-0.2, 0) is 5.41 Å². The molecule has 0 nitrogen and oxygen atoms in total. The predicted octanol–water partition coefficient (Wildman–Crippen LogP) is 5.64. The molecule has 2 aliphatic rings. The Morgan fingerprint density at radius 1 is 0.524 bits per heavy atom. The van der Waals surface area contributed by atoms with E-state index in [0.29, 0.717) is 0 Å². The first kappa shape index (κ1) is 12.9. The van der Waals surface area contributed by atoms with Crippen LogP contribution < -0.4 is 0 Å². The van der Waals surface area contributed by atoms with Crippen molar-refractivity contribution in [3.8, 4) is 0 Å². The van der Waals surface area contributed by atoms with Crippen LogP contribution in [0.25, 0.3) is 0 Å². The van der Waals surface area contributed by atoms with Crippen LogP contribution in [0.1, 0.15) is 49.7 Å². The van der Waals surface area contributed by atoms with Crippen LogP contribution in [-0.4, -0.2) is 0 Å². The fourth-order valence-corrected chi connectivity index (χ4v) is 4.26. The van der Waals surface area contributed by atoms with Crippen molar-refractivity contribution in [3.05, 3.63) is 82.9 Å². The fraction of sp³-hybridized carbons (Fsp3) is 0.333. The maximum Gasteiger partial charge on any atom is 0.0627 e. The van der Waals surface area contributed by atoms with Crippen LogP contribution in [0.2, 0.25) is 0 Å². The van der Waals surface area contributed by atoms with Gasteiger partial charge in [0.05, 0.1) is 5.41 Å². The molecular weight excluding hydrogens is 252 g/mol. The van der Waals surface area contributed by atoms with E-state index in [-0.39, 0.29) is 5.41 Å². The summed E-state index contributed by atoms with van der Waals surface area (Å²) >= 11 is 0. The summed E-state index contributed by atoms with van der Waals surface area (Å²) in [6.07, 6.45) is 8.10. The zero-order valence-corrected chi connectivity index (χ0v) is 12.5. The topological polar surface area (TPSA) is 0 Å². The van der Waals surface area contributed by atoms with E-state index in [9.17, 15) is 0 Å². The highest BCUT2D eigenvalue weighted by molar-refractivity contribution is 5.70. The molecule has 21 heavy (non-hydrogen) atoms. The number of hydrogen-bond acceptors (Lipinski definition) is 0. The quantitative estimate of drug-likeness (QED) is 0.622. The molecule has 0 aliphatic heterocycles. The Labute approximate surface area is 127 Å². The molecule has 0 heteroatoms. The van der Waals surface area contributed by atoms with Crippen molar-refractivity contribution in [1.29, 1.82) is 0 Å². The third-order valence-corrected chi connectivity index (χ3v) is 5.22. The molecule has 0 aromatic heterocycles. The molecule has 4 rings (SSSR count). The maximum atomic E-state index is 2.32. The fourth-order valence-electron chi connectivity index (χ4n) is 4.26. The van der Waals surface area contributed by atoms with Crippen molar-refractivity contribution in [2.75, 3.05) is 0 Å². The lowest BCUT2D eigenvalue weighted by atomic mass is 9.80. The van der Waals surface area contributed by atoms with Gasteiger partial charge in [-0.05, 0) is 36.8 Å². The smallest absolute Gasteiger partial charge is 0.0622 e. The lowest BCUT2D eigenvalue weighted by Gasteiger charge is -2.22. The van der Waals surface area contributed by atoms with Crippen molar-refractivity contribution < 1.29 is 0 Å². The van der Waals surface area contributed by atoms with Gasteiger partial charge in [0.2, 0.25) is 0 Å². The first-order valence-electron chi connectivity index (χ1n) is 8.28. The summed E-state index contributed by atoms with van der Waals surface area (Å²) in [4.78, 5) is 0.